The molecule has 3 fully saturated rings. The number of rotatable bonds is 4. The highest BCUT2D eigenvalue weighted by Crippen LogP contribution is 2.40. The second kappa shape index (κ2) is 7.33. The monoisotopic (exact) mass is 370 g/mol. The molecule has 3 atom stereocenters. The SMILES string of the molecule is O=C(O)C1CC2CCCCC2N1C(=O)c1ccc(CN2CCCC2=O)cc1. The molecule has 1 N–H and O–H groups in total. The molecule has 6 nitrogen and oxygen atoms in total. The van der Waals surface area contributed by atoms with E-state index >= 15 is 0 Å². The van der Waals surface area contributed by atoms with Gasteiger partial charge in [0.2, 0.25) is 5.91 Å². The number of carbonyl (C=O) groups is 3. The number of likely N-dealkylation sites (tertiary alicyclic amines) is 2. The van der Waals surface area contributed by atoms with E-state index in [2.05, 4.69) is 0 Å². The third-order valence-corrected chi connectivity index (χ3v) is 6.35. The Balaban J connectivity index is 1.50. The summed E-state index contributed by atoms with van der Waals surface area (Å²) in [6.07, 6.45) is 6.19. The molecule has 2 heterocycles. The van der Waals surface area contributed by atoms with Crippen LogP contribution in [0.4, 0.5) is 0 Å². The van der Waals surface area contributed by atoms with Gasteiger partial charge in [0.05, 0.1) is 0 Å². The van der Waals surface area contributed by atoms with E-state index in [1.165, 1.54) is 0 Å². The number of amides is 2. The van der Waals surface area contributed by atoms with Crippen LogP contribution < -0.4 is 0 Å². The zero-order valence-corrected chi connectivity index (χ0v) is 15.5. The molecule has 2 saturated heterocycles. The van der Waals surface area contributed by atoms with Crippen molar-refractivity contribution in [1.29, 1.82) is 0 Å². The van der Waals surface area contributed by atoms with E-state index in [0.717, 1.165) is 44.2 Å². The van der Waals surface area contributed by atoms with Gasteiger partial charge in [-0.2, -0.15) is 0 Å². The smallest absolute Gasteiger partial charge is 0.326 e. The van der Waals surface area contributed by atoms with Crippen LogP contribution >= 0.6 is 0 Å². The third-order valence-electron chi connectivity index (χ3n) is 6.35. The first-order chi connectivity index (χ1) is 13.0. The summed E-state index contributed by atoms with van der Waals surface area (Å²) >= 11 is 0. The second-order valence-electron chi connectivity index (χ2n) is 8.03. The average molecular weight is 370 g/mol. The summed E-state index contributed by atoms with van der Waals surface area (Å²) < 4.78 is 0. The Bertz CT molecular complexity index is 745. The van der Waals surface area contributed by atoms with Crippen molar-refractivity contribution in [2.45, 2.75) is 63.6 Å². The topological polar surface area (TPSA) is 77.9 Å². The first-order valence-corrected chi connectivity index (χ1v) is 9.97. The Morgan fingerprint density at radius 1 is 1.07 bits per heavy atom. The van der Waals surface area contributed by atoms with E-state index in [9.17, 15) is 19.5 Å². The number of aliphatic carboxylic acids is 1. The van der Waals surface area contributed by atoms with Crippen LogP contribution in [0.15, 0.2) is 24.3 Å². The largest absolute Gasteiger partial charge is 0.480 e. The van der Waals surface area contributed by atoms with Gasteiger partial charge in [0.1, 0.15) is 6.04 Å². The normalized spacial score (nSPS) is 27.7. The lowest BCUT2D eigenvalue weighted by Gasteiger charge is -2.33. The minimum absolute atomic E-state index is 0.0502. The number of hydrogen-bond donors (Lipinski definition) is 1. The molecular weight excluding hydrogens is 344 g/mol. The predicted molar refractivity (Wildman–Crippen MR) is 99.0 cm³/mol. The van der Waals surface area contributed by atoms with Crippen LogP contribution in [0.25, 0.3) is 0 Å². The summed E-state index contributed by atoms with van der Waals surface area (Å²) in [5.74, 6) is -0.591. The Morgan fingerprint density at radius 2 is 1.81 bits per heavy atom. The quantitative estimate of drug-likeness (QED) is 0.884. The number of fused-ring (bicyclic) bond motifs is 1. The van der Waals surface area contributed by atoms with E-state index in [-0.39, 0.29) is 17.9 Å². The maximum absolute atomic E-state index is 13.1. The zero-order chi connectivity index (χ0) is 19.0. The molecule has 0 radical (unpaired) electrons. The fourth-order valence-corrected chi connectivity index (χ4v) is 4.97. The number of carboxylic acids is 1. The Labute approximate surface area is 159 Å². The van der Waals surface area contributed by atoms with E-state index in [1.807, 2.05) is 17.0 Å². The molecule has 1 aromatic carbocycles. The average Bonchev–Trinajstić information content (AvgIpc) is 3.25. The van der Waals surface area contributed by atoms with Gasteiger partial charge in [-0.1, -0.05) is 25.0 Å². The molecule has 0 aromatic heterocycles. The van der Waals surface area contributed by atoms with Crippen LogP contribution in [0.1, 0.15) is 60.9 Å². The lowest BCUT2D eigenvalue weighted by molar-refractivity contribution is -0.141. The third kappa shape index (κ3) is 3.45. The van der Waals surface area contributed by atoms with Gasteiger partial charge in [0.25, 0.3) is 5.91 Å². The first kappa shape index (κ1) is 18.0. The molecule has 27 heavy (non-hydrogen) atoms. The van der Waals surface area contributed by atoms with Gasteiger partial charge in [-0.05, 0) is 49.3 Å². The van der Waals surface area contributed by atoms with Gasteiger partial charge in [0.15, 0.2) is 0 Å². The van der Waals surface area contributed by atoms with Crippen molar-refractivity contribution in [3.63, 3.8) is 0 Å². The summed E-state index contributed by atoms with van der Waals surface area (Å²) in [7, 11) is 0. The second-order valence-corrected chi connectivity index (χ2v) is 8.03. The van der Waals surface area contributed by atoms with Gasteiger partial charge in [-0.25, -0.2) is 4.79 Å². The molecule has 0 spiro atoms. The van der Waals surface area contributed by atoms with Gasteiger partial charge in [0, 0.05) is 31.1 Å². The summed E-state index contributed by atoms with van der Waals surface area (Å²) in [6.45, 7) is 1.36. The van der Waals surface area contributed by atoms with Crippen molar-refractivity contribution in [3.05, 3.63) is 35.4 Å². The predicted octanol–water partition coefficient (Wildman–Crippen LogP) is 2.67. The Hall–Kier alpha value is -2.37. The zero-order valence-electron chi connectivity index (χ0n) is 15.5. The van der Waals surface area contributed by atoms with Crippen molar-refractivity contribution >= 4 is 17.8 Å². The number of nitrogens with zero attached hydrogens (tertiary/aromatic N) is 2. The van der Waals surface area contributed by atoms with E-state index < -0.39 is 12.0 Å². The van der Waals surface area contributed by atoms with E-state index in [4.69, 9.17) is 0 Å². The maximum atomic E-state index is 13.1. The molecule has 3 aliphatic rings. The van der Waals surface area contributed by atoms with Crippen LogP contribution in [-0.4, -0.2) is 51.3 Å². The molecule has 4 rings (SSSR count). The van der Waals surface area contributed by atoms with Crippen LogP contribution in [0.2, 0.25) is 0 Å². The Kier molecular flexibility index (Phi) is 4.89. The van der Waals surface area contributed by atoms with Gasteiger partial charge >= 0.3 is 5.97 Å². The molecule has 0 bridgehead atoms. The van der Waals surface area contributed by atoms with Crippen LogP contribution in [0.5, 0.6) is 0 Å². The summed E-state index contributed by atoms with van der Waals surface area (Å²) in [5.41, 5.74) is 1.53. The molecule has 1 aliphatic carbocycles. The van der Waals surface area contributed by atoms with Crippen molar-refractivity contribution < 1.29 is 19.5 Å². The molecule has 3 unspecified atom stereocenters. The minimum Gasteiger partial charge on any atom is -0.480 e. The number of carbonyl (C=O) groups excluding carboxylic acids is 2. The first-order valence-electron chi connectivity index (χ1n) is 9.97. The lowest BCUT2D eigenvalue weighted by Crippen LogP contribution is -2.46. The molecular formula is C21H26N2O4. The van der Waals surface area contributed by atoms with Crippen LogP contribution in [0, 0.1) is 5.92 Å². The minimum atomic E-state index is -0.901. The van der Waals surface area contributed by atoms with Gasteiger partial charge in [-0.15, -0.1) is 0 Å². The lowest BCUT2D eigenvalue weighted by atomic mass is 9.84. The summed E-state index contributed by atoms with van der Waals surface area (Å²) in [6, 6.07) is 6.63. The van der Waals surface area contributed by atoms with Crippen LogP contribution in [0.3, 0.4) is 0 Å². The highest BCUT2D eigenvalue weighted by atomic mass is 16.4. The molecule has 144 valence electrons. The standard InChI is InChI=1S/C21H26N2O4/c24-19-6-3-11-22(19)13-14-7-9-15(10-8-14)20(25)23-17-5-2-1-4-16(17)12-18(23)21(26)27/h7-10,16-18H,1-6,11-13H2,(H,26,27). The van der Waals surface area contributed by atoms with Crippen molar-refractivity contribution in [3.8, 4) is 0 Å². The van der Waals surface area contributed by atoms with Crippen molar-refractivity contribution in [2.75, 3.05) is 6.54 Å². The number of benzene rings is 1. The molecule has 1 aromatic rings. The number of carboxylic acid groups (broad SMARTS) is 1. The number of hydrogen-bond acceptors (Lipinski definition) is 3. The molecule has 1 saturated carbocycles. The Morgan fingerprint density at radius 3 is 2.48 bits per heavy atom. The van der Waals surface area contributed by atoms with E-state index in [1.54, 1.807) is 17.0 Å². The highest BCUT2D eigenvalue weighted by Gasteiger charge is 2.47. The molecule has 2 aliphatic heterocycles. The van der Waals surface area contributed by atoms with Crippen LogP contribution in [-0.2, 0) is 16.1 Å². The fourth-order valence-electron chi connectivity index (χ4n) is 4.97. The maximum Gasteiger partial charge on any atom is 0.326 e. The fraction of sp³-hybridized carbons (Fsp3) is 0.571. The van der Waals surface area contributed by atoms with Gasteiger partial charge in [-0.3, -0.25) is 9.59 Å². The van der Waals surface area contributed by atoms with Crippen molar-refractivity contribution in [2.24, 2.45) is 5.92 Å². The molecule has 6 heteroatoms. The molecule has 2 amide bonds. The van der Waals surface area contributed by atoms with E-state index in [0.29, 0.717) is 30.9 Å². The van der Waals surface area contributed by atoms with Crippen molar-refractivity contribution in [1.82, 2.24) is 9.80 Å². The summed E-state index contributed by atoms with van der Waals surface area (Å²) in [4.78, 5) is 40.1. The van der Waals surface area contributed by atoms with Gasteiger partial charge < -0.3 is 14.9 Å². The summed E-state index contributed by atoms with van der Waals surface area (Å²) in [5, 5.41) is 9.62. The highest BCUT2D eigenvalue weighted by molar-refractivity contribution is 5.97.